The van der Waals surface area contributed by atoms with Crippen LogP contribution in [0.2, 0.25) is 0 Å². The highest BCUT2D eigenvalue weighted by molar-refractivity contribution is 6.06. The number of carbonyl (C=O) groups excluding carboxylic acids is 1. The molecule has 29 heavy (non-hydrogen) atoms. The number of carbonyl (C=O) groups is 1. The van der Waals surface area contributed by atoms with Gasteiger partial charge in [-0.2, -0.15) is 0 Å². The van der Waals surface area contributed by atoms with Crippen LogP contribution in [-0.4, -0.2) is 64.6 Å². The van der Waals surface area contributed by atoms with Crippen LogP contribution in [0.25, 0.3) is 0 Å². The van der Waals surface area contributed by atoms with E-state index in [1.54, 1.807) is 11.9 Å². The summed E-state index contributed by atoms with van der Waals surface area (Å²) in [5, 5.41) is 9.93. The van der Waals surface area contributed by atoms with Gasteiger partial charge in [0.15, 0.2) is 5.96 Å². The van der Waals surface area contributed by atoms with Crippen molar-refractivity contribution in [3.63, 3.8) is 0 Å². The summed E-state index contributed by atoms with van der Waals surface area (Å²) in [6, 6.07) is 0.553. The van der Waals surface area contributed by atoms with Crippen LogP contribution < -0.4 is 5.73 Å². The number of guanidine groups is 1. The summed E-state index contributed by atoms with van der Waals surface area (Å²) in [5.74, 6) is 1.78. The predicted molar refractivity (Wildman–Crippen MR) is 115 cm³/mol. The van der Waals surface area contributed by atoms with Crippen LogP contribution in [0.4, 0.5) is 0 Å². The van der Waals surface area contributed by atoms with Crippen molar-refractivity contribution in [1.82, 2.24) is 9.80 Å². The highest BCUT2D eigenvalue weighted by Gasteiger charge is 2.48. The molecule has 3 fully saturated rings. The summed E-state index contributed by atoms with van der Waals surface area (Å²) < 4.78 is 0. The average molecular weight is 405 g/mol. The molecule has 4 rings (SSSR count). The number of aliphatic hydroxyl groups is 1. The van der Waals surface area contributed by atoms with Crippen molar-refractivity contribution in [2.24, 2.45) is 22.6 Å². The van der Waals surface area contributed by atoms with Crippen molar-refractivity contribution < 1.29 is 9.90 Å². The van der Waals surface area contributed by atoms with Crippen molar-refractivity contribution in [1.29, 1.82) is 0 Å². The molecule has 6 nitrogen and oxygen atoms in total. The third-order valence-electron chi connectivity index (χ3n) is 8.16. The molecule has 2 aliphatic heterocycles. The van der Waals surface area contributed by atoms with Crippen LogP contribution in [-0.2, 0) is 4.79 Å². The van der Waals surface area contributed by atoms with Crippen molar-refractivity contribution in [2.45, 2.75) is 101 Å². The topological polar surface area (TPSA) is 82.2 Å². The summed E-state index contributed by atoms with van der Waals surface area (Å²) in [7, 11) is 1.78. The number of hydrogen-bond donors (Lipinski definition) is 2. The van der Waals surface area contributed by atoms with Crippen molar-refractivity contribution in [3.8, 4) is 0 Å². The van der Waals surface area contributed by atoms with E-state index in [1.165, 1.54) is 51.4 Å². The number of likely N-dealkylation sites (N-methyl/N-ethyl adjacent to an activating group) is 1. The lowest BCUT2D eigenvalue weighted by atomic mass is 9.74. The molecule has 3 N–H and O–H groups in total. The number of likely N-dealkylation sites (tertiary alicyclic amines) is 1. The van der Waals surface area contributed by atoms with Crippen LogP contribution in [0, 0.1) is 11.8 Å². The van der Waals surface area contributed by atoms with E-state index in [2.05, 4.69) is 4.90 Å². The van der Waals surface area contributed by atoms with Crippen LogP contribution in [0.1, 0.15) is 83.5 Å². The predicted octanol–water partition coefficient (Wildman–Crippen LogP) is 2.89. The van der Waals surface area contributed by atoms with Crippen molar-refractivity contribution in [3.05, 3.63) is 0 Å². The van der Waals surface area contributed by atoms with Gasteiger partial charge in [-0.05, 0) is 50.4 Å². The molecular formula is C23H40N4O2. The molecule has 0 spiro atoms. The summed E-state index contributed by atoms with van der Waals surface area (Å²) >= 11 is 0. The van der Waals surface area contributed by atoms with Gasteiger partial charge >= 0.3 is 0 Å². The smallest absolute Gasteiger partial charge is 0.257 e. The molecule has 0 radical (unpaired) electrons. The fourth-order valence-corrected chi connectivity index (χ4v) is 6.43. The summed E-state index contributed by atoms with van der Waals surface area (Å²) in [6.45, 7) is 1.83. The van der Waals surface area contributed by atoms with E-state index in [0.717, 1.165) is 51.1 Å². The van der Waals surface area contributed by atoms with E-state index in [-0.39, 0.29) is 12.0 Å². The van der Waals surface area contributed by atoms with E-state index >= 15 is 0 Å². The maximum Gasteiger partial charge on any atom is 0.257 e. The van der Waals surface area contributed by atoms with Crippen LogP contribution >= 0.6 is 0 Å². The van der Waals surface area contributed by atoms with Crippen LogP contribution in [0.3, 0.4) is 0 Å². The molecule has 2 aliphatic carbocycles. The number of aliphatic imine (C=N–C) groups is 1. The summed E-state index contributed by atoms with van der Waals surface area (Å²) in [6.07, 6.45) is 14.9. The zero-order chi connectivity index (χ0) is 20.4. The van der Waals surface area contributed by atoms with Crippen molar-refractivity contribution >= 4 is 11.9 Å². The average Bonchev–Trinajstić information content (AvgIpc) is 3.25. The Labute approximate surface area is 175 Å². The zero-order valence-electron chi connectivity index (χ0n) is 18.2. The number of nitrogens with two attached hydrogens (primary N) is 1. The molecule has 6 heteroatoms. The summed E-state index contributed by atoms with van der Waals surface area (Å²) in [5.41, 5.74) is 5.49. The number of hydrogen-bond acceptors (Lipinski definition) is 5. The maximum atomic E-state index is 13.3. The van der Waals surface area contributed by atoms with Crippen LogP contribution in [0.5, 0.6) is 0 Å². The molecule has 2 heterocycles. The number of nitrogens with zero attached hydrogens (tertiary/aromatic N) is 3. The molecule has 2 saturated carbocycles. The minimum Gasteiger partial charge on any atom is -0.392 e. The quantitative estimate of drug-likeness (QED) is 0.713. The van der Waals surface area contributed by atoms with Crippen LogP contribution in [0.15, 0.2) is 4.99 Å². The van der Waals surface area contributed by atoms with Gasteiger partial charge in [0.25, 0.3) is 5.91 Å². The highest BCUT2D eigenvalue weighted by atomic mass is 16.3. The monoisotopic (exact) mass is 404 g/mol. The first-order valence-electron chi connectivity index (χ1n) is 12.0. The first-order chi connectivity index (χ1) is 14.0. The molecule has 0 bridgehead atoms. The third-order valence-corrected chi connectivity index (χ3v) is 8.16. The van der Waals surface area contributed by atoms with Gasteiger partial charge < -0.3 is 10.8 Å². The molecule has 0 aromatic heterocycles. The Kier molecular flexibility index (Phi) is 6.50. The second-order valence-electron chi connectivity index (χ2n) is 10.2. The van der Waals surface area contributed by atoms with Gasteiger partial charge in [0, 0.05) is 26.2 Å². The fourth-order valence-electron chi connectivity index (χ4n) is 6.43. The molecule has 4 aliphatic rings. The molecule has 4 atom stereocenters. The molecular weight excluding hydrogens is 364 g/mol. The Morgan fingerprint density at radius 1 is 1.10 bits per heavy atom. The molecule has 2 unspecified atom stereocenters. The maximum absolute atomic E-state index is 13.3. The molecule has 1 saturated heterocycles. The Morgan fingerprint density at radius 2 is 1.86 bits per heavy atom. The molecule has 0 aromatic rings. The van der Waals surface area contributed by atoms with E-state index in [9.17, 15) is 9.90 Å². The SMILES string of the molecule is CN1C(=O)[C@@](CCC2CCCCC2)(CC2CCC[C@@H](N3CCC(O)C3)C2)N=C1N. The largest absolute Gasteiger partial charge is 0.392 e. The number of rotatable bonds is 6. The van der Waals surface area contributed by atoms with Gasteiger partial charge in [0.1, 0.15) is 5.54 Å². The van der Waals surface area contributed by atoms with Gasteiger partial charge in [0.2, 0.25) is 0 Å². The first-order valence-corrected chi connectivity index (χ1v) is 12.0. The number of β-amino-alcohol motifs (C(OH)–C–C–N with tert-alkyl or cyclic N) is 1. The van der Waals surface area contributed by atoms with Gasteiger partial charge in [-0.15, -0.1) is 0 Å². The first kappa shape index (κ1) is 21.1. The second kappa shape index (κ2) is 8.93. The standard InChI is InChI=1S/C23H40N4O2/c1-26-21(29)23(25-22(26)24,12-10-17-6-3-2-4-7-17)15-18-8-5-9-19(14-18)27-13-11-20(28)16-27/h17-20,28H,2-16H2,1H3,(H2,24,25)/t18?,19-,20?,23-/m1/s1. The summed E-state index contributed by atoms with van der Waals surface area (Å²) in [4.78, 5) is 22.1. The van der Waals surface area contributed by atoms with Crippen molar-refractivity contribution in [2.75, 3.05) is 20.1 Å². The number of amides is 1. The lowest BCUT2D eigenvalue weighted by molar-refractivity contribution is -0.131. The van der Waals surface area contributed by atoms with E-state index in [0.29, 0.717) is 17.9 Å². The molecule has 1 amide bonds. The normalized spacial score (nSPS) is 37.3. The zero-order valence-corrected chi connectivity index (χ0v) is 18.2. The number of aliphatic hydroxyl groups excluding tert-OH is 1. The fraction of sp³-hybridized carbons (Fsp3) is 0.913. The van der Waals surface area contributed by atoms with Gasteiger partial charge in [-0.3, -0.25) is 14.6 Å². The minimum absolute atomic E-state index is 0.115. The lowest BCUT2D eigenvalue weighted by Gasteiger charge is -2.38. The van der Waals surface area contributed by atoms with E-state index in [1.807, 2.05) is 0 Å². The Hall–Kier alpha value is -1.14. The molecule has 0 aromatic carbocycles. The van der Waals surface area contributed by atoms with Gasteiger partial charge in [-0.1, -0.05) is 44.9 Å². The Morgan fingerprint density at radius 3 is 2.52 bits per heavy atom. The van der Waals surface area contributed by atoms with E-state index in [4.69, 9.17) is 10.7 Å². The minimum atomic E-state index is -0.632. The van der Waals surface area contributed by atoms with Gasteiger partial charge in [0.05, 0.1) is 6.10 Å². The Bertz CT molecular complexity index is 618. The van der Waals surface area contributed by atoms with E-state index < -0.39 is 5.54 Å². The van der Waals surface area contributed by atoms with Gasteiger partial charge in [-0.25, -0.2) is 4.99 Å². The third kappa shape index (κ3) is 4.63. The lowest BCUT2D eigenvalue weighted by Crippen LogP contribution is -2.45. The second-order valence-corrected chi connectivity index (χ2v) is 10.2. The highest BCUT2D eigenvalue weighted by Crippen LogP contribution is 2.41. The molecule has 164 valence electrons. The Balaban J connectivity index is 1.43.